The standard InChI is InChI=1S/C22H15F3N4O4/c23-22(24,25)19(31)9-10-27-15-6-2-1-5-13(15)21(32)33-12-18(30)14(11-26)20-28-16-7-3-4-8-17(16)29-20/h1-10,27,30H,12H2,(H,28,29)/b10-9?,18-14-. The molecule has 33 heavy (non-hydrogen) atoms. The molecule has 2 aromatic carbocycles. The topological polar surface area (TPSA) is 128 Å². The van der Waals surface area contributed by atoms with E-state index in [-0.39, 0.29) is 28.7 Å². The number of aliphatic hydroxyl groups is 1. The fourth-order valence-electron chi connectivity index (χ4n) is 2.70. The summed E-state index contributed by atoms with van der Waals surface area (Å²) in [7, 11) is 0. The number of aliphatic hydroxyl groups excluding tert-OH is 1. The Morgan fingerprint density at radius 2 is 1.88 bits per heavy atom. The highest BCUT2D eigenvalue weighted by Gasteiger charge is 2.36. The molecule has 3 aromatic rings. The lowest BCUT2D eigenvalue weighted by Gasteiger charge is -2.10. The van der Waals surface area contributed by atoms with Crippen molar-refractivity contribution >= 4 is 34.0 Å². The van der Waals surface area contributed by atoms with Gasteiger partial charge in [-0.05, 0) is 24.3 Å². The van der Waals surface area contributed by atoms with Crippen LogP contribution < -0.4 is 5.32 Å². The average Bonchev–Trinajstić information content (AvgIpc) is 3.21. The van der Waals surface area contributed by atoms with E-state index in [0.717, 1.165) is 6.20 Å². The Balaban J connectivity index is 1.73. The maximum absolute atomic E-state index is 12.4. The number of carbonyl (C=O) groups excluding carboxylic acids is 2. The van der Waals surface area contributed by atoms with Gasteiger partial charge in [0.1, 0.15) is 18.2 Å². The Hall–Kier alpha value is -4.59. The van der Waals surface area contributed by atoms with Crippen molar-refractivity contribution in [2.75, 3.05) is 11.9 Å². The highest BCUT2D eigenvalue weighted by Crippen LogP contribution is 2.21. The van der Waals surface area contributed by atoms with Crippen LogP contribution in [0.3, 0.4) is 0 Å². The lowest BCUT2D eigenvalue weighted by atomic mass is 10.2. The number of esters is 1. The van der Waals surface area contributed by atoms with Gasteiger partial charge < -0.3 is 20.1 Å². The van der Waals surface area contributed by atoms with Gasteiger partial charge in [-0.15, -0.1) is 0 Å². The Morgan fingerprint density at radius 1 is 1.18 bits per heavy atom. The molecule has 0 radical (unpaired) electrons. The number of fused-ring (bicyclic) bond motifs is 1. The summed E-state index contributed by atoms with van der Waals surface area (Å²) < 4.78 is 41.9. The highest BCUT2D eigenvalue weighted by atomic mass is 19.4. The molecular weight excluding hydrogens is 441 g/mol. The molecule has 0 atom stereocenters. The number of imidazole rings is 1. The van der Waals surface area contributed by atoms with E-state index < -0.39 is 30.3 Å². The van der Waals surface area contributed by atoms with Crippen LogP contribution in [0.25, 0.3) is 16.6 Å². The summed E-state index contributed by atoms with van der Waals surface area (Å²) in [5.41, 5.74) is 0.981. The number of nitrogens with zero attached hydrogens (tertiary/aromatic N) is 2. The first-order valence-electron chi connectivity index (χ1n) is 9.28. The number of H-pyrrole nitrogens is 1. The number of anilines is 1. The maximum Gasteiger partial charge on any atom is 0.454 e. The van der Waals surface area contributed by atoms with Crippen LogP contribution in [0.4, 0.5) is 18.9 Å². The summed E-state index contributed by atoms with van der Waals surface area (Å²) in [6, 6.07) is 14.5. The number of hydrogen-bond donors (Lipinski definition) is 3. The van der Waals surface area contributed by atoms with Gasteiger partial charge in [-0.2, -0.15) is 18.4 Å². The Labute approximate surface area is 184 Å². The first-order valence-corrected chi connectivity index (χ1v) is 9.28. The minimum absolute atomic E-state index is 0.0648. The molecule has 3 N–H and O–H groups in total. The zero-order chi connectivity index (χ0) is 24.0. The number of aromatic nitrogens is 2. The van der Waals surface area contributed by atoms with Crippen LogP contribution in [0.5, 0.6) is 0 Å². The molecule has 0 saturated heterocycles. The van der Waals surface area contributed by atoms with E-state index in [1.54, 1.807) is 30.3 Å². The van der Waals surface area contributed by atoms with Crippen molar-refractivity contribution in [3.8, 4) is 6.07 Å². The predicted molar refractivity (Wildman–Crippen MR) is 112 cm³/mol. The lowest BCUT2D eigenvalue weighted by Crippen LogP contribution is -2.20. The number of ether oxygens (including phenoxy) is 1. The molecular formula is C22H15F3N4O4. The van der Waals surface area contributed by atoms with E-state index in [1.165, 1.54) is 24.3 Å². The highest BCUT2D eigenvalue weighted by molar-refractivity contribution is 5.97. The summed E-state index contributed by atoms with van der Waals surface area (Å²) in [6.45, 7) is -0.657. The van der Waals surface area contributed by atoms with E-state index in [2.05, 4.69) is 15.3 Å². The number of nitriles is 1. The Kier molecular flexibility index (Phi) is 6.78. The molecule has 0 amide bonds. The van der Waals surface area contributed by atoms with Crippen molar-refractivity contribution in [1.82, 2.24) is 9.97 Å². The summed E-state index contributed by atoms with van der Waals surface area (Å²) in [5.74, 6) is -3.46. The largest absolute Gasteiger partial charge is 0.507 e. The second-order valence-electron chi connectivity index (χ2n) is 6.50. The molecule has 0 aliphatic heterocycles. The molecule has 1 aromatic heterocycles. The number of allylic oxidation sites excluding steroid dienone is 2. The van der Waals surface area contributed by atoms with Crippen LogP contribution in [0, 0.1) is 11.3 Å². The van der Waals surface area contributed by atoms with E-state index in [0.29, 0.717) is 11.0 Å². The van der Waals surface area contributed by atoms with Gasteiger partial charge in [-0.3, -0.25) is 4.79 Å². The van der Waals surface area contributed by atoms with Crippen LogP contribution in [0.2, 0.25) is 0 Å². The fraction of sp³-hybridized carbons (Fsp3) is 0.0909. The maximum atomic E-state index is 12.4. The van der Waals surface area contributed by atoms with E-state index in [9.17, 15) is 33.1 Å². The number of aromatic amines is 1. The van der Waals surface area contributed by atoms with Crippen molar-refractivity contribution in [3.63, 3.8) is 0 Å². The lowest BCUT2D eigenvalue weighted by molar-refractivity contribution is -0.165. The number of hydrogen-bond acceptors (Lipinski definition) is 7. The van der Waals surface area contributed by atoms with Crippen LogP contribution in [0.1, 0.15) is 16.2 Å². The van der Waals surface area contributed by atoms with Crippen LogP contribution in [-0.2, 0) is 9.53 Å². The third kappa shape index (κ3) is 5.56. The SMILES string of the molecule is N#C/C(=C(/O)COC(=O)c1ccccc1NC=CC(=O)C(F)(F)F)c1nc2ccccc2[nH]1. The van der Waals surface area contributed by atoms with Gasteiger partial charge in [-0.25, -0.2) is 9.78 Å². The average molecular weight is 456 g/mol. The molecule has 0 spiro atoms. The summed E-state index contributed by atoms with van der Waals surface area (Å²) in [5, 5.41) is 22.1. The van der Waals surface area contributed by atoms with E-state index in [1.807, 2.05) is 0 Å². The number of para-hydroxylation sites is 3. The predicted octanol–water partition coefficient (Wildman–Crippen LogP) is 4.27. The van der Waals surface area contributed by atoms with Crippen molar-refractivity contribution in [3.05, 3.63) is 78.0 Å². The number of halogens is 3. The normalized spacial score (nSPS) is 12.3. The van der Waals surface area contributed by atoms with Crippen molar-refractivity contribution in [2.24, 2.45) is 0 Å². The number of carbonyl (C=O) groups is 2. The van der Waals surface area contributed by atoms with Gasteiger partial charge in [0.25, 0.3) is 5.78 Å². The first-order chi connectivity index (χ1) is 15.7. The second-order valence-corrected chi connectivity index (χ2v) is 6.50. The monoisotopic (exact) mass is 456 g/mol. The van der Waals surface area contributed by atoms with E-state index in [4.69, 9.17) is 4.74 Å². The fourth-order valence-corrected chi connectivity index (χ4v) is 2.70. The van der Waals surface area contributed by atoms with Crippen molar-refractivity contribution in [1.29, 1.82) is 5.26 Å². The van der Waals surface area contributed by atoms with E-state index >= 15 is 0 Å². The van der Waals surface area contributed by atoms with Gasteiger partial charge in [0, 0.05) is 12.3 Å². The second kappa shape index (κ2) is 9.69. The van der Waals surface area contributed by atoms with Gasteiger partial charge in [0.2, 0.25) is 0 Å². The summed E-state index contributed by atoms with van der Waals surface area (Å²) >= 11 is 0. The number of ketones is 1. The van der Waals surface area contributed by atoms with Crippen LogP contribution in [0.15, 0.2) is 66.6 Å². The van der Waals surface area contributed by atoms with Gasteiger partial charge >= 0.3 is 12.1 Å². The van der Waals surface area contributed by atoms with Gasteiger partial charge in [0.15, 0.2) is 11.6 Å². The molecule has 8 nitrogen and oxygen atoms in total. The molecule has 3 rings (SSSR count). The number of rotatable bonds is 7. The third-order valence-electron chi connectivity index (χ3n) is 4.27. The molecule has 0 unspecified atom stereocenters. The minimum atomic E-state index is -5.02. The molecule has 0 bridgehead atoms. The molecule has 0 aliphatic carbocycles. The quantitative estimate of drug-likeness (QED) is 0.210. The van der Waals surface area contributed by atoms with Gasteiger partial charge in [0.05, 0.1) is 22.3 Å². The molecule has 0 aliphatic rings. The molecule has 168 valence electrons. The molecule has 1 heterocycles. The molecule has 0 fully saturated rings. The first kappa shape index (κ1) is 23.1. The smallest absolute Gasteiger partial charge is 0.454 e. The third-order valence-corrected chi connectivity index (χ3v) is 4.27. The summed E-state index contributed by atoms with van der Waals surface area (Å²) in [4.78, 5) is 30.4. The molecule has 0 saturated carbocycles. The Bertz CT molecular complexity index is 1270. The Morgan fingerprint density at radius 3 is 2.58 bits per heavy atom. The zero-order valence-corrected chi connectivity index (χ0v) is 16.7. The number of alkyl halides is 3. The van der Waals surface area contributed by atoms with Crippen LogP contribution in [-0.4, -0.2) is 39.6 Å². The van der Waals surface area contributed by atoms with Gasteiger partial charge in [-0.1, -0.05) is 24.3 Å². The minimum Gasteiger partial charge on any atom is -0.507 e. The zero-order valence-electron chi connectivity index (χ0n) is 16.7. The number of nitrogens with one attached hydrogen (secondary N) is 2. The number of benzene rings is 2. The van der Waals surface area contributed by atoms with Crippen molar-refractivity contribution in [2.45, 2.75) is 6.18 Å². The molecule has 11 heteroatoms. The van der Waals surface area contributed by atoms with Crippen LogP contribution >= 0.6 is 0 Å². The summed E-state index contributed by atoms with van der Waals surface area (Å²) in [6.07, 6.45) is -3.99. The van der Waals surface area contributed by atoms with Crippen molar-refractivity contribution < 1.29 is 32.6 Å².